The molecule has 1 aromatic heterocycles. The van der Waals surface area contributed by atoms with Gasteiger partial charge in [-0.15, -0.1) is 0 Å². The molecular formula is C22H27FN2O2. The SMILES string of the molecule is O=Cc1c(F)cccc1OCC1CCCCC1c1ccnn1C1CCCC1. The molecule has 2 aromatic rings. The summed E-state index contributed by atoms with van der Waals surface area (Å²) in [5.41, 5.74) is 1.34. The molecule has 1 aromatic carbocycles. The predicted molar refractivity (Wildman–Crippen MR) is 102 cm³/mol. The second-order valence-electron chi connectivity index (χ2n) is 7.87. The number of hydrogen-bond acceptors (Lipinski definition) is 3. The molecule has 4 rings (SSSR count). The maximum atomic E-state index is 13.8. The Hall–Kier alpha value is -2.17. The maximum absolute atomic E-state index is 13.8. The molecule has 0 radical (unpaired) electrons. The Morgan fingerprint density at radius 2 is 1.89 bits per heavy atom. The van der Waals surface area contributed by atoms with E-state index in [0.29, 0.717) is 36.5 Å². The Balaban J connectivity index is 1.51. The second kappa shape index (κ2) is 8.24. The lowest BCUT2D eigenvalue weighted by Gasteiger charge is -2.33. The van der Waals surface area contributed by atoms with Crippen LogP contribution in [0.15, 0.2) is 30.5 Å². The van der Waals surface area contributed by atoms with Gasteiger partial charge in [0.25, 0.3) is 0 Å². The number of rotatable bonds is 6. The van der Waals surface area contributed by atoms with E-state index < -0.39 is 5.82 Å². The molecule has 1 heterocycles. The van der Waals surface area contributed by atoms with Crippen molar-refractivity contribution >= 4 is 6.29 Å². The van der Waals surface area contributed by atoms with Crippen molar-refractivity contribution < 1.29 is 13.9 Å². The van der Waals surface area contributed by atoms with E-state index in [9.17, 15) is 9.18 Å². The van der Waals surface area contributed by atoms with E-state index in [-0.39, 0.29) is 5.56 Å². The summed E-state index contributed by atoms with van der Waals surface area (Å²) >= 11 is 0. The van der Waals surface area contributed by atoms with E-state index in [0.717, 1.165) is 12.8 Å². The molecule has 2 aliphatic carbocycles. The largest absolute Gasteiger partial charge is 0.492 e. The molecule has 144 valence electrons. The molecule has 0 N–H and O–H groups in total. The van der Waals surface area contributed by atoms with Crippen LogP contribution in [0.1, 0.15) is 79.4 Å². The number of halogens is 1. The highest BCUT2D eigenvalue weighted by molar-refractivity contribution is 5.79. The molecule has 0 amide bonds. The van der Waals surface area contributed by atoms with E-state index in [2.05, 4.69) is 15.8 Å². The van der Waals surface area contributed by atoms with Gasteiger partial charge >= 0.3 is 0 Å². The molecule has 0 saturated heterocycles. The molecular weight excluding hydrogens is 343 g/mol. The fourth-order valence-electron chi connectivity index (χ4n) is 4.82. The fraction of sp³-hybridized carbons (Fsp3) is 0.545. The lowest BCUT2D eigenvalue weighted by molar-refractivity contribution is 0.111. The van der Waals surface area contributed by atoms with Crippen LogP contribution < -0.4 is 4.74 Å². The van der Waals surface area contributed by atoms with Crippen LogP contribution in [0.4, 0.5) is 4.39 Å². The number of carbonyl (C=O) groups excluding carboxylic acids is 1. The van der Waals surface area contributed by atoms with E-state index in [1.807, 2.05) is 6.20 Å². The molecule has 2 atom stereocenters. The van der Waals surface area contributed by atoms with Crippen molar-refractivity contribution in [1.29, 1.82) is 0 Å². The summed E-state index contributed by atoms with van der Waals surface area (Å²) in [5.74, 6) is 0.592. The van der Waals surface area contributed by atoms with Gasteiger partial charge in [-0.05, 0) is 43.9 Å². The number of aromatic nitrogens is 2. The zero-order valence-electron chi connectivity index (χ0n) is 15.6. The number of ether oxygens (including phenoxy) is 1. The molecule has 0 bridgehead atoms. The Labute approximate surface area is 159 Å². The van der Waals surface area contributed by atoms with Crippen molar-refractivity contribution in [2.24, 2.45) is 5.92 Å². The predicted octanol–water partition coefficient (Wildman–Crippen LogP) is 5.30. The van der Waals surface area contributed by atoms with Gasteiger partial charge in [-0.1, -0.05) is 31.7 Å². The van der Waals surface area contributed by atoms with Gasteiger partial charge in [0.1, 0.15) is 11.6 Å². The summed E-state index contributed by atoms with van der Waals surface area (Å²) < 4.78 is 22.0. The van der Waals surface area contributed by atoms with Crippen molar-refractivity contribution in [3.05, 3.63) is 47.5 Å². The van der Waals surface area contributed by atoms with Gasteiger partial charge in [-0.2, -0.15) is 5.10 Å². The van der Waals surface area contributed by atoms with Crippen molar-refractivity contribution in [2.45, 2.75) is 63.3 Å². The van der Waals surface area contributed by atoms with Gasteiger partial charge in [0, 0.05) is 23.7 Å². The smallest absolute Gasteiger partial charge is 0.156 e. The van der Waals surface area contributed by atoms with Crippen molar-refractivity contribution in [3.8, 4) is 5.75 Å². The first-order valence-electron chi connectivity index (χ1n) is 10.2. The quantitative estimate of drug-likeness (QED) is 0.648. The summed E-state index contributed by atoms with van der Waals surface area (Å²) in [6.07, 6.45) is 12.1. The van der Waals surface area contributed by atoms with E-state index >= 15 is 0 Å². The van der Waals surface area contributed by atoms with Gasteiger partial charge in [0.05, 0.1) is 18.2 Å². The van der Waals surface area contributed by atoms with Gasteiger partial charge < -0.3 is 4.74 Å². The average Bonchev–Trinajstić information content (AvgIpc) is 3.38. The third-order valence-electron chi connectivity index (χ3n) is 6.24. The Morgan fingerprint density at radius 1 is 1.11 bits per heavy atom. The van der Waals surface area contributed by atoms with Gasteiger partial charge in [-0.3, -0.25) is 9.48 Å². The Bertz CT molecular complexity index is 782. The van der Waals surface area contributed by atoms with Crippen LogP contribution in [0.2, 0.25) is 0 Å². The topological polar surface area (TPSA) is 44.1 Å². The second-order valence-corrected chi connectivity index (χ2v) is 7.87. The first kappa shape index (κ1) is 18.2. The number of nitrogens with zero attached hydrogens (tertiary/aromatic N) is 2. The van der Waals surface area contributed by atoms with Crippen LogP contribution in [0, 0.1) is 11.7 Å². The number of benzene rings is 1. The summed E-state index contributed by atoms with van der Waals surface area (Å²) in [5, 5.41) is 4.65. The normalized spacial score (nSPS) is 23.4. The van der Waals surface area contributed by atoms with Crippen LogP contribution in [0.5, 0.6) is 5.75 Å². The minimum atomic E-state index is -0.526. The third kappa shape index (κ3) is 3.78. The van der Waals surface area contributed by atoms with Crippen molar-refractivity contribution in [2.75, 3.05) is 6.61 Å². The Morgan fingerprint density at radius 3 is 2.70 bits per heavy atom. The summed E-state index contributed by atoms with van der Waals surface area (Å²) in [6.45, 7) is 0.505. The zero-order valence-corrected chi connectivity index (χ0v) is 15.6. The number of aldehydes is 1. The van der Waals surface area contributed by atoms with E-state index in [1.165, 1.54) is 50.3 Å². The summed E-state index contributed by atoms with van der Waals surface area (Å²) in [4.78, 5) is 11.2. The van der Waals surface area contributed by atoms with Crippen molar-refractivity contribution in [3.63, 3.8) is 0 Å². The van der Waals surface area contributed by atoms with E-state index in [1.54, 1.807) is 12.1 Å². The van der Waals surface area contributed by atoms with Crippen molar-refractivity contribution in [1.82, 2.24) is 9.78 Å². The number of carbonyl (C=O) groups is 1. The summed E-state index contributed by atoms with van der Waals surface area (Å²) in [7, 11) is 0. The van der Waals surface area contributed by atoms with Crippen LogP contribution in [-0.4, -0.2) is 22.7 Å². The third-order valence-corrected chi connectivity index (χ3v) is 6.24. The zero-order chi connectivity index (χ0) is 18.6. The standard InChI is InChI=1S/C22H27FN2O2/c23-20-10-5-11-22(19(20)14-26)27-15-16-6-1-4-9-18(16)21-12-13-24-25(21)17-7-2-3-8-17/h5,10-14,16-18H,1-4,6-9,15H2. The van der Waals surface area contributed by atoms with Crippen LogP contribution in [0.25, 0.3) is 0 Å². The molecule has 0 aliphatic heterocycles. The van der Waals surface area contributed by atoms with Gasteiger partial charge in [0.15, 0.2) is 6.29 Å². The minimum absolute atomic E-state index is 0.0147. The molecule has 5 heteroatoms. The molecule has 0 spiro atoms. The van der Waals surface area contributed by atoms with E-state index in [4.69, 9.17) is 4.74 Å². The summed E-state index contributed by atoms with van der Waals surface area (Å²) in [6, 6.07) is 7.25. The highest BCUT2D eigenvalue weighted by atomic mass is 19.1. The molecule has 27 heavy (non-hydrogen) atoms. The molecule has 2 unspecified atom stereocenters. The van der Waals surface area contributed by atoms with Crippen LogP contribution in [0.3, 0.4) is 0 Å². The average molecular weight is 370 g/mol. The molecule has 2 fully saturated rings. The first-order chi connectivity index (χ1) is 13.3. The lowest BCUT2D eigenvalue weighted by Crippen LogP contribution is -2.27. The van der Waals surface area contributed by atoms with Crippen LogP contribution >= 0.6 is 0 Å². The highest BCUT2D eigenvalue weighted by Crippen LogP contribution is 2.40. The Kier molecular flexibility index (Phi) is 5.55. The van der Waals surface area contributed by atoms with Gasteiger partial charge in [0.2, 0.25) is 0 Å². The minimum Gasteiger partial charge on any atom is -0.492 e. The van der Waals surface area contributed by atoms with Gasteiger partial charge in [-0.25, -0.2) is 4.39 Å². The molecule has 2 aliphatic rings. The fourth-order valence-corrected chi connectivity index (χ4v) is 4.82. The monoisotopic (exact) mass is 370 g/mol. The highest BCUT2D eigenvalue weighted by Gasteiger charge is 2.31. The maximum Gasteiger partial charge on any atom is 0.156 e. The molecule has 4 nitrogen and oxygen atoms in total. The number of hydrogen-bond donors (Lipinski definition) is 0. The lowest BCUT2D eigenvalue weighted by atomic mass is 9.77. The van der Waals surface area contributed by atoms with Crippen LogP contribution in [-0.2, 0) is 0 Å². The first-order valence-corrected chi connectivity index (χ1v) is 10.2. The molecule has 2 saturated carbocycles.